The number of carbonyl (C=O) groups is 2. The van der Waals surface area contributed by atoms with Crippen LogP contribution in [-0.2, 0) is 26.2 Å². The summed E-state index contributed by atoms with van der Waals surface area (Å²) in [5.74, 6) is -1.95. The molecule has 35 heavy (non-hydrogen) atoms. The van der Waals surface area contributed by atoms with Crippen molar-refractivity contribution in [3.05, 3.63) is 82.4 Å². The molecule has 1 atom stereocenters. The third-order valence-corrected chi connectivity index (χ3v) is 8.00. The number of carbonyl (C=O) groups excluding carboxylic acids is 2. The molecule has 0 fully saturated rings. The van der Waals surface area contributed by atoms with Crippen LogP contribution >= 0.6 is 11.6 Å². The SMILES string of the molecule is Cc1cc(S(=O)(=O)N2c3cc(F)ccc3NC(=O)C2CC(=O)NCc2cccnc2)c(C)cc1Cl. The molecule has 11 heteroatoms. The number of fused-ring (bicyclic) bond motifs is 1. The number of benzene rings is 2. The van der Waals surface area contributed by atoms with E-state index in [4.69, 9.17) is 11.6 Å². The predicted molar refractivity (Wildman–Crippen MR) is 130 cm³/mol. The zero-order valence-electron chi connectivity index (χ0n) is 18.9. The van der Waals surface area contributed by atoms with Crippen LogP contribution in [0.4, 0.5) is 15.8 Å². The number of sulfonamides is 1. The van der Waals surface area contributed by atoms with E-state index < -0.39 is 40.1 Å². The van der Waals surface area contributed by atoms with Crippen LogP contribution in [0.3, 0.4) is 0 Å². The monoisotopic (exact) mass is 516 g/mol. The van der Waals surface area contributed by atoms with E-state index in [-0.39, 0.29) is 22.8 Å². The number of amides is 2. The third kappa shape index (κ3) is 4.98. The fourth-order valence-electron chi connectivity index (χ4n) is 3.85. The van der Waals surface area contributed by atoms with Crippen LogP contribution in [0.15, 0.2) is 59.8 Å². The summed E-state index contributed by atoms with van der Waals surface area (Å²) in [6.45, 7) is 3.37. The summed E-state index contributed by atoms with van der Waals surface area (Å²) in [6, 6.07) is 8.36. The van der Waals surface area contributed by atoms with Gasteiger partial charge in [0.15, 0.2) is 0 Å². The summed E-state index contributed by atoms with van der Waals surface area (Å²) < 4.78 is 42.8. The van der Waals surface area contributed by atoms with E-state index in [0.717, 1.165) is 22.0 Å². The van der Waals surface area contributed by atoms with Crippen LogP contribution in [0, 0.1) is 19.7 Å². The highest BCUT2D eigenvalue weighted by atomic mass is 35.5. The molecule has 1 aromatic heterocycles. The van der Waals surface area contributed by atoms with Crippen molar-refractivity contribution in [2.45, 2.75) is 37.8 Å². The summed E-state index contributed by atoms with van der Waals surface area (Å²) >= 11 is 6.15. The van der Waals surface area contributed by atoms with Gasteiger partial charge in [-0.3, -0.25) is 18.9 Å². The normalized spacial score (nSPS) is 15.4. The molecule has 4 rings (SSSR count). The molecule has 0 aliphatic carbocycles. The lowest BCUT2D eigenvalue weighted by Crippen LogP contribution is -2.52. The van der Waals surface area contributed by atoms with E-state index in [9.17, 15) is 22.4 Å². The molecule has 2 N–H and O–H groups in total. The van der Waals surface area contributed by atoms with E-state index >= 15 is 0 Å². The van der Waals surface area contributed by atoms with Crippen LogP contribution in [0.5, 0.6) is 0 Å². The zero-order valence-corrected chi connectivity index (χ0v) is 20.5. The van der Waals surface area contributed by atoms with Crippen molar-refractivity contribution in [2.24, 2.45) is 0 Å². The molecule has 0 spiro atoms. The molecule has 0 radical (unpaired) electrons. The molecule has 2 heterocycles. The van der Waals surface area contributed by atoms with Crippen molar-refractivity contribution in [1.82, 2.24) is 10.3 Å². The molecule has 2 aromatic carbocycles. The number of nitrogens with zero attached hydrogens (tertiary/aromatic N) is 2. The van der Waals surface area contributed by atoms with Crippen molar-refractivity contribution in [3.8, 4) is 0 Å². The van der Waals surface area contributed by atoms with Crippen molar-refractivity contribution in [3.63, 3.8) is 0 Å². The Kier molecular flexibility index (Phi) is 6.77. The number of halogens is 2. The van der Waals surface area contributed by atoms with Gasteiger partial charge in [-0.15, -0.1) is 0 Å². The number of nitrogens with one attached hydrogen (secondary N) is 2. The Bertz CT molecular complexity index is 1420. The lowest BCUT2D eigenvalue weighted by Gasteiger charge is -2.37. The van der Waals surface area contributed by atoms with Gasteiger partial charge in [-0.25, -0.2) is 12.8 Å². The van der Waals surface area contributed by atoms with Gasteiger partial charge in [0, 0.05) is 30.0 Å². The summed E-state index contributed by atoms with van der Waals surface area (Å²) in [5, 5.41) is 5.64. The third-order valence-electron chi connectivity index (χ3n) is 5.63. The first-order valence-corrected chi connectivity index (χ1v) is 12.5. The first kappa shape index (κ1) is 24.6. The topological polar surface area (TPSA) is 108 Å². The zero-order chi connectivity index (χ0) is 25.3. The largest absolute Gasteiger partial charge is 0.352 e. The summed E-state index contributed by atoms with van der Waals surface area (Å²) in [6.07, 6.45) is 2.69. The maximum Gasteiger partial charge on any atom is 0.265 e. The lowest BCUT2D eigenvalue weighted by molar-refractivity contribution is -0.125. The Morgan fingerprint density at radius 1 is 1.20 bits per heavy atom. The summed E-state index contributed by atoms with van der Waals surface area (Å²) in [7, 11) is -4.40. The molecule has 0 bridgehead atoms. The molecule has 1 unspecified atom stereocenters. The van der Waals surface area contributed by atoms with E-state index in [1.807, 2.05) is 0 Å². The van der Waals surface area contributed by atoms with Crippen LogP contribution in [0.25, 0.3) is 0 Å². The van der Waals surface area contributed by atoms with Crippen LogP contribution in [0.2, 0.25) is 5.02 Å². The van der Waals surface area contributed by atoms with Crippen LogP contribution in [-0.4, -0.2) is 31.3 Å². The number of hydrogen-bond acceptors (Lipinski definition) is 5. The second kappa shape index (κ2) is 9.63. The first-order valence-electron chi connectivity index (χ1n) is 10.6. The highest BCUT2D eigenvalue weighted by Gasteiger charge is 2.42. The van der Waals surface area contributed by atoms with Gasteiger partial charge in [0.25, 0.3) is 10.0 Å². The van der Waals surface area contributed by atoms with Crippen molar-refractivity contribution >= 4 is 44.8 Å². The Hall–Kier alpha value is -3.50. The smallest absolute Gasteiger partial charge is 0.265 e. The van der Waals surface area contributed by atoms with Crippen molar-refractivity contribution in [2.75, 3.05) is 9.62 Å². The van der Waals surface area contributed by atoms with Crippen molar-refractivity contribution < 1.29 is 22.4 Å². The van der Waals surface area contributed by atoms with E-state index in [0.29, 0.717) is 16.1 Å². The number of pyridine rings is 1. The van der Waals surface area contributed by atoms with Crippen molar-refractivity contribution in [1.29, 1.82) is 0 Å². The van der Waals surface area contributed by atoms with Crippen LogP contribution in [0.1, 0.15) is 23.1 Å². The maximum atomic E-state index is 14.2. The fourth-order valence-corrected chi connectivity index (χ4v) is 5.98. The predicted octanol–water partition coefficient (Wildman–Crippen LogP) is 3.71. The van der Waals surface area contributed by atoms with Gasteiger partial charge < -0.3 is 10.6 Å². The molecule has 1 aliphatic heterocycles. The second-order valence-corrected chi connectivity index (χ2v) is 10.4. The minimum absolute atomic E-state index is 0.0679. The molecule has 182 valence electrons. The van der Waals surface area contributed by atoms with Gasteiger partial charge >= 0.3 is 0 Å². The van der Waals surface area contributed by atoms with Crippen LogP contribution < -0.4 is 14.9 Å². The first-order chi connectivity index (χ1) is 16.6. The number of aryl methyl sites for hydroxylation is 2. The van der Waals surface area contributed by atoms with Gasteiger partial charge in [-0.1, -0.05) is 17.7 Å². The molecule has 3 aromatic rings. The van der Waals surface area contributed by atoms with Gasteiger partial charge in [-0.05, 0) is 60.9 Å². The van der Waals surface area contributed by atoms with Gasteiger partial charge in [0.1, 0.15) is 11.9 Å². The average molecular weight is 517 g/mol. The number of hydrogen-bond donors (Lipinski definition) is 2. The molecular formula is C24H22ClFN4O4S. The summed E-state index contributed by atoms with van der Waals surface area (Å²) in [5.41, 5.74) is 1.65. The highest BCUT2D eigenvalue weighted by molar-refractivity contribution is 7.93. The minimum Gasteiger partial charge on any atom is -0.352 e. The second-order valence-electron chi connectivity index (χ2n) is 8.18. The van der Waals surface area contributed by atoms with E-state index in [1.54, 1.807) is 38.4 Å². The van der Waals surface area contributed by atoms with Gasteiger partial charge in [0.2, 0.25) is 11.8 Å². The number of aromatic nitrogens is 1. The maximum absolute atomic E-state index is 14.2. The van der Waals surface area contributed by atoms with Gasteiger partial charge in [0.05, 0.1) is 22.7 Å². The average Bonchev–Trinajstić information content (AvgIpc) is 2.81. The highest BCUT2D eigenvalue weighted by Crippen LogP contribution is 2.39. The molecule has 0 saturated carbocycles. The Balaban J connectivity index is 1.74. The Labute approximate surface area is 207 Å². The van der Waals surface area contributed by atoms with E-state index in [1.165, 1.54) is 18.2 Å². The van der Waals surface area contributed by atoms with E-state index in [2.05, 4.69) is 15.6 Å². The quantitative estimate of drug-likeness (QED) is 0.519. The Morgan fingerprint density at radius 2 is 1.97 bits per heavy atom. The Morgan fingerprint density at radius 3 is 2.69 bits per heavy atom. The molecular weight excluding hydrogens is 495 g/mol. The molecule has 2 amide bonds. The number of rotatable bonds is 6. The standard InChI is InChI=1S/C24H22ClFN4O4S/c1-14-9-22(15(2)8-18(14)25)35(33,34)30-20-10-17(26)5-6-19(20)29-24(32)21(30)11-23(31)28-13-16-4-3-7-27-12-16/h3-10,12,21H,11,13H2,1-2H3,(H,28,31)(H,29,32). The molecule has 8 nitrogen and oxygen atoms in total. The molecule has 0 saturated heterocycles. The lowest BCUT2D eigenvalue weighted by atomic mass is 10.1. The fraction of sp³-hybridized carbons (Fsp3) is 0.208. The summed E-state index contributed by atoms with van der Waals surface area (Å²) in [4.78, 5) is 29.7. The number of anilines is 2. The van der Waals surface area contributed by atoms with Gasteiger partial charge in [-0.2, -0.15) is 0 Å². The molecule has 1 aliphatic rings. The minimum atomic E-state index is -4.40.